The Hall–Kier alpha value is -2.55. The van der Waals surface area contributed by atoms with E-state index in [0.29, 0.717) is 25.0 Å². The molecule has 0 radical (unpaired) electrons. The monoisotopic (exact) mass is 296 g/mol. The van der Waals surface area contributed by atoms with Crippen molar-refractivity contribution in [2.24, 2.45) is 0 Å². The number of fused-ring (bicyclic) bond motifs is 1. The molecule has 0 saturated heterocycles. The zero-order valence-corrected chi connectivity index (χ0v) is 12.5. The molecule has 22 heavy (non-hydrogen) atoms. The van der Waals surface area contributed by atoms with Crippen LogP contribution in [0.3, 0.4) is 0 Å². The Morgan fingerprint density at radius 3 is 2.41 bits per heavy atom. The zero-order chi connectivity index (χ0) is 16.1. The van der Waals surface area contributed by atoms with Crippen LogP contribution in [0.25, 0.3) is 5.57 Å². The van der Waals surface area contributed by atoms with Crippen molar-refractivity contribution in [3.63, 3.8) is 0 Å². The SMILES string of the molecule is C=CCC1=C(CC=C)C(C(=O)O)Oc2c(CC=C)cccc21. The van der Waals surface area contributed by atoms with Gasteiger partial charge >= 0.3 is 5.97 Å². The lowest BCUT2D eigenvalue weighted by molar-refractivity contribution is -0.143. The number of ether oxygens (including phenoxy) is 1. The average Bonchev–Trinajstić information content (AvgIpc) is 2.50. The molecule has 1 unspecified atom stereocenters. The highest BCUT2D eigenvalue weighted by Crippen LogP contribution is 2.41. The number of para-hydroxylation sites is 1. The Labute approximate surface area is 130 Å². The molecular formula is C19H20O3. The Morgan fingerprint density at radius 2 is 1.82 bits per heavy atom. The number of aliphatic carboxylic acids is 1. The number of carboxylic acids is 1. The summed E-state index contributed by atoms with van der Waals surface area (Å²) in [6, 6.07) is 5.85. The number of hydrogen-bond donors (Lipinski definition) is 1. The van der Waals surface area contributed by atoms with E-state index in [9.17, 15) is 9.90 Å². The molecule has 0 amide bonds. The largest absolute Gasteiger partial charge is 0.478 e. The van der Waals surface area contributed by atoms with Gasteiger partial charge in [-0.05, 0) is 36.0 Å². The van der Waals surface area contributed by atoms with Gasteiger partial charge in [-0.3, -0.25) is 0 Å². The van der Waals surface area contributed by atoms with Crippen LogP contribution in [0.4, 0.5) is 0 Å². The maximum absolute atomic E-state index is 11.6. The van der Waals surface area contributed by atoms with Crippen LogP contribution in [-0.4, -0.2) is 17.2 Å². The second kappa shape index (κ2) is 6.94. The van der Waals surface area contributed by atoms with Gasteiger partial charge in [-0.2, -0.15) is 0 Å². The van der Waals surface area contributed by atoms with Gasteiger partial charge in [0.15, 0.2) is 0 Å². The molecule has 2 rings (SSSR count). The summed E-state index contributed by atoms with van der Waals surface area (Å²) < 4.78 is 5.83. The van der Waals surface area contributed by atoms with Gasteiger partial charge in [0.05, 0.1) is 0 Å². The number of carbonyl (C=O) groups is 1. The van der Waals surface area contributed by atoms with Gasteiger partial charge in [-0.1, -0.05) is 36.4 Å². The maximum atomic E-state index is 11.6. The minimum absolute atomic E-state index is 0.477. The number of rotatable bonds is 7. The average molecular weight is 296 g/mol. The summed E-state index contributed by atoms with van der Waals surface area (Å²) in [6.07, 6.45) is 6.00. The third kappa shape index (κ3) is 2.89. The molecule has 0 saturated carbocycles. The Balaban J connectivity index is 2.68. The summed E-state index contributed by atoms with van der Waals surface area (Å²) >= 11 is 0. The van der Waals surface area contributed by atoms with E-state index in [2.05, 4.69) is 19.7 Å². The fourth-order valence-corrected chi connectivity index (χ4v) is 2.77. The van der Waals surface area contributed by atoms with E-state index in [0.717, 1.165) is 22.3 Å². The first kappa shape index (κ1) is 15.8. The normalized spacial score (nSPS) is 16.5. The highest BCUT2D eigenvalue weighted by atomic mass is 16.5. The van der Waals surface area contributed by atoms with Crippen LogP contribution in [0.2, 0.25) is 0 Å². The third-order valence-electron chi connectivity index (χ3n) is 3.66. The van der Waals surface area contributed by atoms with Gasteiger partial charge in [-0.25, -0.2) is 4.79 Å². The van der Waals surface area contributed by atoms with E-state index in [1.165, 1.54) is 0 Å². The van der Waals surface area contributed by atoms with Crippen molar-refractivity contribution in [3.05, 3.63) is 72.9 Å². The van der Waals surface area contributed by atoms with Gasteiger partial charge in [0.2, 0.25) is 6.10 Å². The molecule has 0 aromatic heterocycles. The molecule has 1 aromatic carbocycles. The highest BCUT2D eigenvalue weighted by molar-refractivity contribution is 5.87. The smallest absolute Gasteiger partial charge is 0.349 e. The van der Waals surface area contributed by atoms with Crippen molar-refractivity contribution < 1.29 is 14.6 Å². The molecule has 0 aliphatic carbocycles. The molecule has 1 aromatic rings. The van der Waals surface area contributed by atoms with Gasteiger partial charge in [0.25, 0.3) is 0 Å². The molecule has 114 valence electrons. The van der Waals surface area contributed by atoms with Crippen LogP contribution in [0.5, 0.6) is 5.75 Å². The Kier molecular flexibility index (Phi) is 4.99. The summed E-state index contributed by atoms with van der Waals surface area (Å²) in [4.78, 5) is 11.6. The van der Waals surface area contributed by atoms with Gasteiger partial charge in [0.1, 0.15) is 5.75 Å². The van der Waals surface area contributed by atoms with Crippen LogP contribution in [0, 0.1) is 0 Å². The first-order valence-corrected chi connectivity index (χ1v) is 7.20. The quantitative estimate of drug-likeness (QED) is 0.768. The van der Waals surface area contributed by atoms with Crippen LogP contribution in [0.15, 0.2) is 61.7 Å². The first-order chi connectivity index (χ1) is 10.6. The fraction of sp³-hybridized carbons (Fsp3) is 0.211. The van der Waals surface area contributed by atoms with Crippen molar-refractivity contribution >= 4 is 11.5 Å². The maximum Gasteiger partial charge on any atom is 0.349 e. The molecule has 1 aliphatic rings. The second-order valence-electron chi connectivity index (χ2n) is 5.11. The van der Waals surface area contributed by atoms with E-state index in [1.807, 2.05) is 18.2 Å². The summed E-state index contributed by atoms with van der Waals surface area (Å²) in [7, 11) is 0. The molecule has 1 heterocycles. The first-order valence-electron chi connectivity index (χ1n) is 7.20. The minimum atomic E-state index is -0.988. The predicted octanol–water partition coefficient (Wildman–Crippen LogP) is 4.17. The number of hydrogen-bond acceptors (Lipinski definition) is 2. The Bertz CT molecular complexity index is 653. The van der Waals surface area contributed by atoms with Crippen LogP contribution >= 0.6 is 0 Å². The van der Waals surface area contributed by atoms with Crippen molar-refractivity contribution in [1.29, 1.82) is 0 Å². The van der Waals surface area contributed by atoms with E-state index in [-0.39, 0.29) is 0 Å². The van der Waals surface area contributed by atoms with Crippen LogP contribution < -0.4 is 4.74 Å². The fourth-order valence-electron chi connectivity index (χ4n) is 2.77. The number of benzene rings is 1. The minimum Gasteiger partial charge on any atom is -0.478 e. The lowest BCUT2D eigenvalue weighted by Gasteiger charge is -2.30. The number of carboxylic acid groups (broad SMARTS) is 1. The van der Waals surface area contributed by atoms with E-state index < -0.39 is 12.1 Å². The van der Waals surface area contributed by atoms with E-state index >= 15 is 0 Å². The van der Waals surface area contributed by atoms with Gasteiger partial charge in [-0.15, -0.1) is 19.7 Å². The molecule has 1 atom stereocenters. The molecular weight excluding hydrogens is 276 g/mol. The summed E-state index contributed by atoms with van der Waals surface area (Å²) in [5.41, 5.74) is 3.59. The van der Waals surface area contributed by atoms with E-state index in [1.54, 1.807) is 18.2 Å². The molecule has 3 nitrogen and oxygen atoms in total. The van der Waals surface area contributed by atoms with Crippen LogP contribution in [0.1, 0.15) is 24.0 Å². The summed E-state index contributed by atoms with van der Waals surface area (Å²) in [5, 5.41) is 9.53. The topological polar surface area (TPSA) is 46.5 Å². The molecule has 0 spiro atoms. The molecule has 0 bridgehead atoms. The van der Waals surface area contributed by atoms with Crippen molar-refractivity contribution in [3.8, 4) is 5.75 Å². The van der Waals surface area contributed by atoms with Crippen LogP contribution in [-0.2, 0) is 11.2 Å². The summed E-state index contributed by atoms with van der Waals surface area (Å²) in [5.74, 6) is -0.350. The molecule has 1 aliphatic heterocycles. The Morgan fingerprint density at radius 1 is 1.14 bits per heavy atom. The third-order valence-corrected chi connectivity index (χ3v) is 3.66. The van der Waals surface area contributed by atoms with Gasteiger partial charge in [0, 0.05) is 5.56 Å². The van der Waals surface area contributed by atoms with Gasteiger partial charge < -0.3 is 9.84 Å². The predicted molar refractivity (Wildman–Crippen MR) is 88.9 cm³/mol. The lowest BCUT2D eigenvalue weighted by Crippen LogP contribution is -2.33. The summed E-state index contributed by atoms with van der Waals surface area (Å²) in [6.45, 7) is 11.3. The van der Waals surface area contributed by atoms with Crippen molar-refractivity contribution in [1.82, 2.24) is 0 Å². The standard InChI is InChI=1S/C19H20O3/c1-4-8-13-11-7-12-16-14(9-5-2)15(10-6-3)18(19(20)21)22-17(13)16/h4-7,11-12,18H,1-3,8-10H2,(H,20,21). The molecule has 3 heteroatoms. The number of allylic oxidation sites excluding steroid dienone is 4. The lowest BCUT2D eigenvalue weighted by atomic mass is 9.87. The van der Waals surface area contributed by atoms with Crippen molar-refractivity contribution in [2.45, 2.75) is 25.4 Å². The second-order valence-corrected chi connectivity index (χ2v) is 5.11. The van der Waals surface area contributed by atoms with Crippen molar-refractivity contribution in [2.75, 3.05) is 0 Å². The molecule has 0 fully saturated rings. The zero-order valence-electron chi connectivity index (χ0n) is 12.5. The highest BCUT2D eigenvalue weighted by Gasteiger charge is 2.33. The molecule has 1 N–H and O–H groups in total. The van der Waals surface area contributed by atoms with E-state index in [4.69, 9.17) is 4.74 Å².